The van der Waals surface area contributed by atoms with Gasteiger partial charge in [-0.05, 0) is 43.2 Å². The van der Waals surface area contributed by atoms with Crippen LogP contribution in [0.25, 0.3) is 0 Å². The van der Waals surface area contributed by atoms with Gasteiger partial charge in [0.25, 0.3) is 11.6 Å². The smallest absolute Gasteiger partial charge is 0.282 e. The van der Waals surface area contributed by atoms with Gasteiger partial charge in [0.05, 0.1) is 10.7 Å². The van der Waals surface area contributed by atoms with E-state index in [2.05, 4.69) is 20.8 Å². The fourth-order valence-electron chi connectivity index (χ4n) is 2.68. The molecule has 0 spiro atoms. The molecular formula is C19H17N5O4S2. The number of nitro benzene ring substituents is 1. The van der Waals surface area contributed by atoms with Gasteiger partial charge in [-0.2, -0.15) is 0 Å². The zero-order valence-corrected chi connectivity index (χ0v) is 17.7. The van der Waals surface area contributed by atoms with Gasteiger partial charge in [0.2, 0.25) is 11.0 Å². The maximum atomic E-state index is 12.3. The molecule has 0 aliphatic rings. The lowest BCUT2D eigenvalue weighted by molar-refractivity contribution is -0.385. The molecule has 0 bridgehead atoms. The zero-order chi connectivity index (χ0) is 21.7. The van der Waals surface area contributed by atoms with Crippen molar-refractivity contribution in [1.29, 1.82) is 0 Å². The highest BCUT2D eigenvalue weighted by Crippen LogP contribution is 2.27. The molecule has 1 aromatic heterocycles. The Morgan fingerprint density at radius 1 is 1.10 bits per heavy atom. The average Bonchev–Trinajstić information content (AvgIpc) is 3.13. The average molecular weight is 444 g/mol. The van der Waals surface area contributed by atoms with Crippen LogP contribution in [-0.4, -0.2) is 32.7 Å². The highest BCUT2D eigenvalue weighted by Gasteiger charge is 2.20. The van der Waals surface area contributed by atoms with E-state index in [0.29, 0.717) is 4.34 Å². The molecule has 0 radical (unpaired) electrons. The molecule has 3 aromatic rings. The predicted molar refractivity (Wildman–Crippen MR) is 116 cm³/mol. The number of aromatic nitrogens is 2. The third kappa shape index (κ3) is 5.61. The molecule has 2 aromatic carbocycles. The summed E-state index contributed by atoms with van der Waals surface area (Å²) in [6.07, 6.45) is 0. The molecule has 2 N–H and O–H groups in total. The minimum Gasteiger partial charge on any atom is -0.325 e. The van der Waals surface area contributed by atoms with Crippen molar-refractivity contribution < 1.29 is 14.5 Å². The first-order valence-electron chi connectivity index (χ1n) is 8.71. The number of thioether (sulfide) groups is 1. The van der Waals surface area contributed by atoms with Crippen molar-refractivity contribution in [2.24, 2.45) is 0 Å². The van der Waals surface area contributed by atoms with Crippen molar-refractivity contribution in [3.63, 3.8) is 0 Å². The van der Waals surface area contributed by atoms with E-state index in [1.807, 2.05) is 32.0 Å². The van der Waals surface area contributed by atoms with Crippen LogP contribution in [0.3, 0.4) is 0 Å². The summed E-state index contributed by atoms with van der Waals surface area (Å²) in [6.45, 7) is 3.91. The minimum atomic E-state index is -0.650. The Balaban J connectivity index is 1.57. The zero-order valence-electron chi connectivity index (χ0n) is 16.0. The topological polar surface area (TPSA) is 127 Å². The quantitative estimate of drug-likeness (QED) is 0.244. The standard InChI is InChI=1S/C19H17N5O4S2/c1-11-7-12(2)9-13(8-11)20-16(25)10-29-19-23-22-18(30-19)21-17(26)14-5-3-4-6-15(14)24(27)28/h3-9H,10H2,1-2H3,(H,20,25)(H,21,22,26). The van der Waals surface area contributed by atoms with Gasteiger partial charge in [-0.3, -0.25) is 25.0 Å². The predicted octanol–water partition coefficient (Wildman–Crippen LogP) is 4.05. The lowest BCUT2D eigenvalue weighted by Gasteiger charge is -2.06. The van der Waals surface area contributed by atoms with Crippen molar-refractivity contribution in [3.05, 3.63) is 69.3 Å². The monoisotopic (exact) mass is 443 g/mol. The highest BCUT2D eigenvalue weighted by atomic mass is 32.2. The molecule has 1 heterocycles. The van der Waals surface area contributed by atoms with Crippen LogP contribution in [0.5, 0.6) is 0 Å². The SMILES string of the molecule is Cc1cc(C)cc(NC(=O)CSc2nnc(NC(=O)c3ccccc3[N+](=O)[O-])s2)c1. The van der Waals surface area contributed by atoms with Crippen LogP contribution in [0.4, 0.5) is 16.5 Å². The van der Waals surface area contributed by atoms with Crippen LogP contribution < -0.4 is 10.6 Å². The molecule has 154 valence electrons. The first-order chi connectivity index (χ1) is 14.3. The second-order valence-corrected chi connectivity index (χ2v) is 8.51. The molecule has 0 fully saturated rings. The van der Waals surface area contributed by atoms with Gasteiger partial charge in [0.15, 0.2) is 4.34 Å². The lowest BCUT2D eigenvalue weighted by Crippen LogP contribution is -2.14. The second kappa shape index (κ2) is 9.46. The molecule has 0 saturated heterocycles. The van der Waals surface area contributed by atoms with E-state index in [1.54, 1.807) is 0 Å². The Labute approximate surface area is 180 Å². The minimum absolute atomic E-state index is 0.0697. The van der Waals surface area contributed by atoms with E-state index in [9.17, 15) is 19.7 Å². The molecule has 11 heteroatoms. The van der Waals surface area contributed by atoms with Crippen LogP contribution in [0, 0.1) is 24.0 Å². The summed E-state index contributed by atoms with van der Waals surface area (Å²) in [5, 5.41) is 24.4. The summed E-state index contributed by atoms with van der Waals surface area (Å²) in [5.41, 5.74) is 2.48. The van der Waals surface area contributed by atoms with Gasteiger partial charge in [-0.1, -0.05) is 41.3 Å². The van der Waals surface area contributed by atoms with Gasteiger partial charge in [-0.15, -0.1) is 10.2 Å². The molecule has 3 rings (SSSR count). The fraction of sp³-hybridized carbons (Fsp3) is 0.158. The molecule has 9 nitrogen and oxygen atoms in total. The Kier molecular flexibility index (Phi) is 6.75. The van der Waals surface area contributed by atoms with E-state index < -0.39 is 10.8 Å². The molecule has 0 aliphatic heterocycles. The second-order valence-electron chi connectivity index (χ2n) is 6.31. The van der Waals surface area contributed by atoms with Gasteiger partial charge < -0.3 is 5.32 Å². The summed E-state index contributed by atoms with van der Waals surface area (Å²) in [7, 11) is 0. The number of nitrogens with zero attached hydrogens (tertiary/aromatic N) is 3. The molecule has 0 saturated carbocycles. The number of rotatable bonds is 7. The number of hydrogen-bond acceptors (Lipinski definition) is 8. The molecule has 0 atom stereocenters. The van der Waals surface area contributed by atoms with Crippen LogP contribution in [0.2, 0.25) is 0 Å². The number of carbonyl (C=O) groups is 2. The molecule has 2 amide bonds. The number of para-hydroxylation sites is 1. The molecule has 30 heavy (non-hydrogen) atoms. The number of nitro groups is 1. The normalized spacial score (nSPS) is 10.5. The summed E-state index contributed by atoms with van der Waals surface area (Å²) in [5.74, 6) is -0.715. The number of nitrogens with one attached hydrogen (secondary N) is 2. The van der Waals surface area contributed by atoms with E-state index >= 15 is 0 Å². The van der Waals surface area contributed by atoms with Crippen LogP contribution in [0.1, 0.15) is 21.5 Å². The van der Waals surface area contributed by atoms with Crippen molar-refractivity contribution in [1.82, 2.24) is 10.2 Å². The number of amides is 2. The Morgan fingerprint density at radius 2 is 1.80 bits per heavy atom. The van der Waals surface area contributed by atoms with Gasteiger partial charge in [0.1, 0.15) is 5.56 Å². The maximum absolute atomic E-state index is 12.3. The van der Waals surface area contributed by atoms with Crippen molar-refractivity contribution in [3.8, 4) is 0 Å². The maximum Gasteiger partial charge on any atom is 0.282 e. The Morgan fingerprint density at radius 3 is 2.50 bits per heavy atom. The van der Waals surface area contributed by atoms with Gasteiger partial charge in [-0.25, -0.2) is 0 Å². The van der Waals surface area contributed by atoms with Crippen molar-refractivity contribution in [2.45, 2.75) is 18.2 Å². The Hall–Kier alpha value is -3.31. The third-order valence-corrected chi connectivity index (χ3v) is 5.78. The third-order valence-electron chi connectivity index (χ3n) is 3.80. The fourth-order valence-corrected chi connectivity index (χ4v) is 4.23. The first-order valence-corrected chi connectivity index (χ1v) is 10.5. The largest absolute Gasteiger partial charge is 0.325 e. The molecule has 0 unspecified atom stereocenters. The molecule has 0 aliphatic carbocycles. The van der Waals surface area contributed by atoms with Gasteiger partial charge in [0, 0.05) is 11.8 Å². The van der Waals surface area contributed by atoms with Crippen molar-refractivity contribution >= 4 is 51.4 Å². The van der Waals surface area contributed by atoms with Crippen LogP contribution >= 0.6 is 23.1 Å². The van der Waals surface area contributed by atoms with Crippen molar-refractivity contribution in [2.75, 3.05) is 16.4 Å². The summed E-state index contributed by atoms with van der Waals surface area (Å²) >= 11 is 2.26. The van der Waals surface area contributed by atoms with E-state index in [0.717, 1.165) is 28.2 Å². The number of benzene rings is 2. The summed E-state index contributed by atoms with van der Waals surface area (Å²) < 4.78 is 0.489. The Bertz CT molecular complexity index is 1100. The van der Waals surface area contributed by atoms with E-state index in [4.69, 9.17) is 0 Å². The summed E-state index contributed by atoms with van der Waals surface area (Å²) in [4.78, 5) is 34.9. The van der Waals surface area contributed by atoms with Gasteiger partial charge >= 0.3 is 0 Å². The number of aryl methyl sites for hydroxylation is 2. The lowest BCUT2D eigenvalue weighted by atomic mass is 10.1. The summed E-state index contributed by atoms with van der Waals surface area (Å²) in [6, 6.07) is 11.4. The van der Waals surface area contributed by atoms with Crippen LogP contribution in [0.15, 0.2) is 46.8 Å². The highest BCUT2D eigenvalue weighted by molar-refractivity contribution is 8.01. The first kappa shape index (κ1) is 21.4. The van der Waals surface area contributed by atoms with E-state index in [1.165, 1.54) is 36.0 Å². The number of carbonyl (C=O) groups excluding carboxylic acids is 2. The number of hydrogen-bond donors (Lipinski definition) is 2. The molecular weight excluding hydrogens is 426 g/mol. The van der Waals surface area contributed by atoms with Crippen LogP contribution in [-0.2, 0) is 4.79 Å². The van der Waals surface area contributed by atoms with E-state index in [-0.39, 0.29) is 28.0 Å². The number of anilines is 2.